The van der Waals surface area contributed by atoms with E-state index in [0.717, 1.165) is 5.69 Å². The summed E-state index contributed by atoms with van der Waals surface area (Å²) < 4.78 is 0. The van der Waals surface area contributed by atoms with Gasteiger partial charge in [0.05, 0.1) is 5.54 Å². The molecule has 0 aliphatic rings. The summed E-state index contributed by atoms with van der Waals surface area (Å²) in [5.74, 6) is -0.516. The Kier molecular flexibility index (Phi) is 2.63. The van der Waals surface area contributed by atoms with Gasteiger partial charge >= 0.3 is 0 Å². The lowest BCUT2D eigenvalue weighted by Gasteiger charge is -2.19. The highest BCUT2D eigenvalue weighted by atomic mass is 16.1. The minimum absolute atomic E-state index is 0.364. The van der Waals surface area contributed by atoms with E-state index in [0.29, 0.717) is 6.42 Å². The topological polar surface area (TPSA) is 82.0 Å². The zero-order valence-electron chi connectivity index (χ0n) is 7.53. The number of amides is 1. The normalized spacial score (nSPS) is 14.9. The highest BCUT2D eigenvalue weighted by Gasteiger charge is 2.26. The Bertz CT molecular complexity index is 295. The molecular weight excluding hydrogens is 166 g/mol. The summed E-state index contributed by atoms with van der Waals surface area (Å²) in [4.78, 5) is 15.0. The maximum Gasteiger partial charge on any atom is 0.237 e. The van der Waals surface area contributed by atoms with Gasteiger partial charge in [-0.1, -0.05) is 6.07 Å². The van der Waals surface area contributed by atoms with Gasteiger partial charge in [0, 0.05) is 18.3 Å². The molecule has 0 bridgehead atoms. The molecule has 1 aromatic heterocycles. The first-order valence-electron chi connectivity index (χ1n) is 4.01. The Morgan fingerprint density at radius 2 is 2.31 bits per heavy atom. The molecule has 1 amide bonds. The number of pyridine rings is 1. The second kappa shape index (κ2) is 3.53. The van der Waals surface area contributed by atoms with Crippen LogP contribution in [0.5, 0.6) is 0 Å². The molecule has 0 fully saturated rings. The van der Waals surface area contributed by atoms with E-state index in [1.54, 1.807) is 13.1 Å². The Labute approximate surface area is 77.0 Å². The van der Waals surface area contributed by atoms with Crippen LogP contribution in [0.25, 0.3) is 0 Å². The molecule has 0 spiro atoms. The van der Waals surface area contributed by atoms with Gasteiger partial charge in [0.2, 0.25) is 5.91 Å². The van der Waals surface area contributed by atoms with Crippen LogP contribution in [-0.2, 0) is 11.2 Å². The number of primary amides is 1. The van der Waals surface area contributed by atoms with Gasteiger partial charge in [-0.3, -0.25) is 9.78 Å². The average molecular weight is 179 g/mol. The summed E-state index contributed by atoms with van der Waals surface area (Å²) in [6.45, 7) is 1.60. The van der Waals surface area contributed by atoms with E-state index in [9.17, 15) is 4.79 Å². The molecule has 1 atom stereocenters. The van der Waals surface area contributed by atoms with Gasteiger partial charge in [-0.25, -0.2) is 0 Å². The average Bonchev–Trinajstić information content (AvgIpc) is 2.05. The molecule has 0 saturated carbocycles. The first-order valence-corrected chi connectivity index (χ1v) is 4.01. The number of carbonyl (C=O) groups is 1. The first-order chi connectivity index (χ1) is 6.02. The minimum Gasteiger partial charge on any atom is -0.368 e. The number of rotatable bonds is 3. The van der Waals surface area contributed by atoms with Gasteiger partial charge in [0.15, 0.2) is 0 Å². The lowest BCUT2D eigenvalue weighted by Crippen LogP contribution is -2.51. The zero-order valence-corrected chi connectivity index (χ0v) is 7.53. The molecule has 1 unspecified atom stereocenters. The number of carbonyl (C=O) groups excluding carboxylic acids is 1. The molecule has 0 aromatic carbocycles. The van der Waals surface area contributed by atoms with Crippen LogP contribution >= 0.6 is 0 Å². The number of aromatic nitrogens is 1. The highest BCUT2D eigenvalue weighted by molar-refractivity contribution is 5.84. The smallest absolute Gasteiger partial charge is 0.237 e. The van der Waals surface area contributed by atoms with Crippen molar-refractivity contribution in [3.05, 3.63) is 30.1 Å². The van der Waals surface area contributed by atoms with Crippen LogP contribution in [0.3, 0.4) is 0 Å². The molecule has 0 aliphatic heterocycles. The predicted molar refractivity (Wildman–Crippen MR) is 49.7 cm³/mol. The Balaban J connectivity index is 2.75. The van der Waals surface area contributed by atoms with E-state index in [2.05, 4.69) is 4.98 Å². The standard InChI is InChI=1S/C9H13N3O/c1-9(11,8(10)13)6-7-4-2-3-5-12-7/h2-5H,6,11H2,1H3,(H2,10,13). The third-order valence-electron chi connectivity index (χ3n) is 1.84. The molecule has 0 radical (unpaired) electrons. The van der Waals surface area contributed by atoms with Crippen molar-refractivity contribution in [1.29, 1.82) is 0 Å². The number of hydrogen-bond acceptors (Lipinski definition) is 3. The van der Waals surface area contributed by atoms with Crippen molar-refractivity contribution >= 4 is 5.91 Å². The fourth-order valence-corrected chi connectivity index (χ4v) is 0.966. The van der Waals surface area contributed by atoms with Crippen LogP contribution in [0.2, 0.25) is 0 Å². The van der Waals surface area contributed by atoms with Gasteiger partial charge in [-0.15, -0.1) is 0 Å². The molecule has 13 heavy (non-hydrogen) atoms. The van der Waals surface area contributed by atoms with Crippen LogP contribution < -0.4 is 11.5 Å². The van der Waals surface area contributed by atoms with E-state index in [-0.39, 0.29) is 0 Å². The van der Waals surface area contributed by atoms with E-state index < -0.39 is 11.4 Å². The second-order valence-corrected chi connectivity index (χ2v) is 3.28. The Morgan fingerprint density at radius 1 is 1.62 bits per heavy atom. The summed E-state index contributed by atoms with van der Waals surface area (Å²) >= 11 is 0. The lowest BCUT2D eigenvalue weighted by molar-refractivity contribution is -0.122. The van der Waals surface area contributed by atoms with Crippen LogP contribution in [0.15, 0.2) is 24.4 Å². The van der Waals surface area contributed by atoms with Crippen molar-refractivity contribution in [1.82, 2.24) is 4.98 Å². The third kappa shape index (κ3) is 2.52. The number of nitrogens with two attached hydrogens (primary N) is 2. The van der Waals surface area contributed by atoms with Crippen LogP contribution in [0.1, 0.15) is 12.6 Å². The molecule has 1 rings (SSSR count). The fourth-order valence-electron chi connectivity index (χ4n) is 0.966. The second-order valence-electron chi connectivity index (χ2n) is 3.28. The van der Waals surface area contributed by atoms with Gasteiger partial charge in [0.1, 0.15) is 0 Å². The van der Waals surface area contributed by atoms with Gasteiger partial charge in [-0.2, -0.15) is 0 Å². The van der Waals surface area contributed by atoms with E-state index in [1.807, 2.05) is 18.2 Å². The van der Waals surface area contributed by atoms with Crippen molar-refractivity contribution in [2.45, 2.75) is 18.9 Å². The first kappa shape index (κ1) is 9.67. The lowest BCUT2D eigenvalue weighted by atomic mass is 9.96. The molecule has 1 aromatic rings. The molecule has 4 nitrogen and oxygen atoms in total. The quantitative estimate of drug-likeness (QED) is 0.675. The SMILES string of the molecule is CC(N)(Cc1ccccn1)C(N)=O. The summed E-state index contributed by atoms with van der Waals surface area (Å²) in [6, 6.07) is 5.47. The number of nitrogens with zero attached hydrogens (tertiary/aromatic N) is 1. The van der Waals surface area contributed by atoms with Gasteiger partial charge in [0.25, 0.3) is 0 Å². The van der Waals surface area contributed by atoms with Crippen molar-refractivity contribution in [2.75, 3.05) is 0 Å². The summed E-state index contributed by atoms with van der Waals surface area (Å²) in [6.07, 6.45) is 2.02. The largest absolute Gasteiger partial charge is 0.368 e. The van der Waals surface area contributed by atoms with Crippen LogP contribution in [0, 0.1) is 0 Å². The Morgan fingerprint density at radius 3 is 2.77 bits per heavy atom. The summed E-state index contributed by atoms with van der Waals surface area (Å²) in [5.41, 5.74) is 10.6. The highest BCUT2D eigenvalue weighted by Crippen LogP contribution is 2.06. The van der Waals surface area contributed by atoms with Crippen molar-refractivity contribution in [3.63, 3.8) is 0 Å². The maximum atomic E-state index is 10.9. The predicted octanol–water partition coefficient (Wildman–Crippen LogP) is -0.173. The third-order valence-corrected chi connectivity index (χ3v) is 1.84. The van der Waals surface area contributed by atoms with Crippen molar-refractivity contribution in [2.24, 2.45) is 11.5 Å². The van der Waals surface area contributed by atoms with E-state index in [1.165, 1.54) is 0 Å². The molecule has 4 N–H and O–H groups in total. The summed E-state index contributed by atoms with van der Waals surface area (Å²) in [5, 5.41) is 0. The minimum atomic E-state index is -1.02. The molecule has 4 heteroatoms. The van der Waals surface area contributed by atoms with Crippen LogP contribution in [-0.4, -0.2) is 16.4 Å². The molecular formula is C9H13N3O. The zero-order chi connectivity index (χ0) is 9.90. The van der Waals surface area contributed by atoms with Gasteiger partial charge in [-0.05, 0) is 19.1 Å². The van der Waals surface area contributed by atoms with E-state index >= 15 is 0 Å². The van der Waals surface area contributed by atoms with Crippen molar-refractivity contribution in [3.8, 4) is 0 Å². The fraction of sp³-hybridized carbons (Fsp3) is 0.333. The summed E-state index contributed by atoms with van der Waals surface area (Å²) in [7, 11) is 0. The molecule has 0 saturated heterocycles. The van der Waals surface area contributed by atoms with Crippen molar-refractivity contribution < 1.29 is 4.79 Å². The van der Waals surface area contributed by atoms with Gasteiger partial charge < -0.3 is 11.5 Å². The molecule has 1 heterocycles. The monoisotopic (exact) mass is 179 g/mol. The molecule has 70 valence electrons. The molecule has 0 aliphatic carbocycles. The van der Waals surface area contributed by atoms with E-state index in [4.69, 9.17) is 11.5 Å². The Hall–Kier alpha value is -1.42. The number of hydrogen-bond donors (Lipinski definition) is 2. The van der Waals surface area contributed by atoms with Crippen LogP contribution in [0.4, 0.5) is 0 Å². The maximum absolute atomic E-state index is 10.9.